The Morgan fingerprint density at radius 1 is 1.53 bits per heavy atom. The van der Waals surface area contributed by atoms with Gasteiger partial charge in [-0.3, -0.25) is 4.79 Å². The Morgan fingerprint density at radius 2 is 2.26 bits per heavy atom. The predicted molar refractivity (Wildman–Crippen MR) is 75.5 cm³/mol. The number of carbonyl (C=O) groups is 1. The molecule has 1 aliphatic heterocycles. The second-order valence-corrected chi connectivity index (χ2v) is 5.33. The van der Waals surface area contributed by atoms with Gasteiger partial charge in [-0.05, 0) is 31.4 Å². The summed E-state index contributed by atoms with van der Waals surface area (Å²) in [5, 5.41) is 3.28. The van der Waals surface area contributed by atoms with Crippen molar-refractivity contribution >= 4 is 5.97 Å². The van der Waals surface area contributed by atoms with Crippen molar-refractivity contribution in [2.45, 2.75) is 20.0 Å². The highest BCUT2D eigenvalue weighted by molar-refractivity contribution is 5.77. The number of rotatable bonds is 5. The number of hydrogen-bond acceptors (Lipinski definition) is 3. The SMILES string of the molecule is C=CC[C@H]1CNC[C@@]1(C)C(=O)OCc1ccccc1. The average Bonchev–Trinajstić information content (AvgIpc) is 2.80. The van der Waals surface area contributed by atoms with Gasteiger partial charge in [0.05, 0.1) is 5.41 Å². The van der Waals surface area contributed by atoms with Crippen LogP contribution in [0, 0.1) is 11.3 Å². The van der Waals surface area contributed by atoms with Crippen molar-refractivity contribution in [3.05, 3.63) is 48.6 Å². The fourth-order valence-electron chi connectivity index (χ4n) is 2.55. The number of esters is 1. The highest BCUT2D eigenvalue weighted by Crippen LogP contribution is 2.35. The van der Waals surface area contributed by atoms with Gasteiger partial charge in [-0.1, -0.05) is 36.4 Å². The molecule has 1 fully saturated rings. The third kappa shape index (κ3) is 3.04. The normalized spacial score (nSPS) is 26.1. The van der Waals surface area contributed by atoms with E-state index in [-0.39, 0.29) is 11.9 Å². The Hall–Kier alpha value is -1.61. The molecule has 102 valence electrons. The van der Waals surface area contributed by atoms with Crippen LogP contribution in [0.1, 0.15) is 18.9 Å². The van der Waals surface area contributed by atoms with Crippen molar-refractivity contribution in [1.82, 2.24) is 5.32 Å². The number of nitrogens with one attached hydrogen (secondary N) is 1. The minimum Gasteiger partial charge on any atom is -0.460 e. The Bertz CT molecular complexity index is 443. The summed E-state index contributed by atoms with van der Waals surface area (Å²) in [6, 6.07) is 9.77. The van der Waals surface area contributed by atoms with E-state index in [4.69, 9.17) is 4.74 Å². The van der Waals surface area contributed by atoms with Crippen LogP contribution in [0.2, 0.25) is 0 Å². The van der Waals surface area contributed by atoms with Crippen molar-refractivity contribution in [3.63, 3.8) is 0 Å². The van der Waals surface area contributed by atoms with Crippen LogP contribution in [0.25, 0.3) is 0 Å². The second-order valence-electron chi connectivity index (χ2n) is 5.33. The highest BCUT2D eigenvalue weighted by Gasteiger charge is 2.45. The van der Waals surface area contributed by atoms with E-state index in [9.17, 15) is 4.79 Å². The van der Waals surface area contributed by atoms with Crippen molar-refractivity contribution < 1.29 is 9.53 Å². The third-order valence-corrected chi connectivity index (χ3v) is 3.91. The molecule has 0 spiro atoms. The summed E-state index contributed by atoms with van der Waals surface area (Å²) in [5.74, 6) is 0.154. The lowest BCUT2D eigenvalue weighted by atomic mass is 9.78. The van der Waals surface area contributed by atoms with Crippen molar-refractivity contribution in [2.75, 3.05) is 13.1 Å². The van der Waals surface area contributed by atoms with E-state index in [0.29, 0.717) is 13.2 Å². The number of benzene rings is 1. The lowest BCUT2D eigenvalue weighted by molar-refractivity contribution is -0.157. The summed E-state index contributed by atoms with van der Waals surface area (Å²) in [6.45, 7) is 7.62. The summed E-state index contributed by atoms with van der Waals surface area (Å²) >= 11 is 0. The molecule has 1 aromatic carbocycles. The fourth-order valence-corrected chi connectivity index (χ4v) is 2.55. The molecule has 1 N–H and O–H groups in total. The van der Waals surface area contributed by atoms with Gasteiger partial charge in [0, 0.05) is 6.54 Å². The number of hydrogen-bond donors (Lipinski definition) is 1. The smallest absolute Gasteiger partial charge is 0.313 e. The molecule has 1 aromatic rings. The van der Waals surface area contributed by atoms with Gasteiger partial charge in [-0.2, -0.15) is 0 Å². The first kappa shape index (κ1) is 13.8. The van der Waals surface area contributed by atoms with E-state index in [0.717, 1.165) is 18.5 Å². The maximum Gasteiger partial charge on any atom is 0.313 e. The first-order chi connectivity index (χ1) is 9.16. The largest absolute Gasteiger partial charge is 0.460 e. The van der Waals surface area contributed by atoms with Crippen LogP contribution in [0.5, 0.6) is 0 Å². The van der Waals surface area contributed by atoms with Gasteiger partial charge in [-0.15, -0.1) is 6.58 Å². The molecule has 2 rings (SSSR count). The third-order valence-electron chi connectivity index (χ3n) is 3.91. The van der Waals surface area contributed by atoms with E-state index in [1.165, 1.54) is 0 Å². The molecular formula is C16H21NO2. The van der Waals surface area contributed by atoms with Crippen LogP contribution in [0.3, 0.4) is 0 Å². The molecule has 1 saturated heterocycles. The maximum absolute atomic E-state index is 12.3. The minimum atomic E-state index is -0.441. The standard InChI is InChI=1S/C16H21NO2/c1-3-7-14-10-17-12-16(14,2)15(18)19-11-13-8-5-4-6-9-13/h3-6,8-9,14,17H,1,7,10-12H2,2H3/t14-,16+/m0/s1. The van der Waals surface area contributed by atoms with Crippen LogP contribution in [0.4, 0.5) is 0 Å². The van der Waals surface area contributed by atoms with Gasteiger partial charge in [0.2, 0.25) is 0 Å². The van der Waals surface area contributed by atoms with Crippen LogP contribution >= 0.6 is 0 Å². The first-order valence-electron chi connectivity index (χ1n) is 6.69. The Balaban J connectivity index is 1.97. The monoisotopic (exact) mass is 259 g/mol. The summed E-state index contributed by atoms with van der Waals surface area (Å²) in [5.41, 5.74) is 0.578. The van der Waals surface area contributed by atoms with Crippen molar-refractivity contribution in [3.8, 4) is 0 Å². The molecular weight excluding hydrogens is 238 g/mol. The van der Waals surface area contributed by atoms with Gasteiger partial charge in [-0.25, -0.2) is 0 Å². The minimum absolute atomic E-state index is 0.117. The summed E-state index contributed by atoms with van der Waals surface area (Å²) in [7, 11) is 0. The first-order valence-corrected chi connectivity index (χ1v) is 6.69. The maximum atomic E-state index is 12.3. The highest BCUT2D eigenvalue weighted by atomic mass is 16.5. The Morgan fingerprint density at radius 3 is 2.95 bits per heavy atom. The number of allylic oxidation sites excluding steroid dienone is 1. The van der Waals surface area contributed by atoms with Gasteiger partial charge in [0.1, 0.15) is 6.61 Å². The van der Waals surface area contributed by atoms with Crippen LogP contribution in [-0.4, -0.2) is 19.1 Å². The van der Waals surface area contributed by atoms with Gasteiger partial charge >= 0.3 is 5.97 Å². The Labute approximate surface area is 114 Å². The van der Waals surface area contributed by atoms with Gasteiger partial charge < -0.3 is 10.1 Å². The molecule has 0 saturated carbocycles. The lowest BCUT2D eigenvalue weighted by Gasteiger charge is -2.27. The number of carbonyl (C=O) groups excluding carboxylic acids is 1. The van der Waals surface area contributed by atoms with Crippen molar-refractivity contribution in [2.24, 2.45) is 11.3 Å². The average molecular weight is 259 g/mol. The molecule has 0 aliphatic carbocycles. The molecule has 0 bridgehead atoms. The van der Waals surface area contributed by atoms with Crippen LogP contribution in [-0.2, 0) is 16.1 Å². The quantitative estimate of drug-likeness (QED) is 0.652. The Kier molecular flexibility index (Phi) is 4.38. The molecule has 1 aliphatic rings. The molecule has 0 radical (unpaired) electrons. The zero-order valence-electron chi connectivity index (χ0n) is 11.4. The lowest BCUT2D eigenvalue weighted by Crippen LogP contribution is -2.37. The zero-order chi connectivity index (χ0) is 13.7. The topological polar surface area (TPSA) is 38.3 Å². The second kappa shape index (κ2) is 6.02. The van der Waals surface area contributed by atoms with Gasteiger partial charge in [0.15, 0.2) is 0 Å². The molecule has 0 amide bonds. The summed E-state index contributed by atoms with van der Waals surface area (Å²) in [4.78, 5) is 12.3. The summed E-state index contributed by atoms with van der Waals surface area (Å²) in [6.07, 6.45) is 2.71. The van der Waals surface area contributed by atoms with Gasteiger partial charge in [0.25, 0.3) is 0 Å². The van der Waals surface area contributed by atoms with Crippen molar-refractivity contribution in [1.29, 1.82) is 0 Å². The van der Waals surface area contributed by atoms with Crippen LogP contribution < -0.4 is 5.32 Å². The van der Waals surface area contributed by atoms with E-state index < -0.39 is 5.41 Å². The molecule has 0 unspecified atom stereocenters. The van der Waals surface area contributed by atoms with Crippen LogP contribution in [0.15, 0.2) is 43.0 Å². The molecule has 19 heavy (non-hydrogen) atoms. The molecule has 0 aromatic heterocycles. The van der Waals surface area contributed by atoms with E-state index in [1.54, 1.807) is 0 Å². The number of ether oxygens (including phenoxy) is 1. The summed E-state index contributed by atoms with van der Waals surface area (Å²) < 4.78 is 5.48. The predicted octanol–water partition coefficient (Wildman–Crippen LogP) is 2.53. The molecule has 2 atom stereocenters. The fraction of sp³-hybridized carbons (Fsp3) is 0.438. The van der Waals surface area contributed by atoms with E-state index in [1.807, 2.05) is 43.3 Å². The van der Waals surface area contributed by atoms with E-state index in [2.05, 4.69) is 11.9 Å². The zero-order valence-corrected chi connectivity index (χ0v) is 11.4. The molecule has 1 heterocycles. The van der Waals surface area contributed by atoms with E-state index >= 15 is 0 Å². The molecule has 3 heteroatoms. The molecule has 3 nitrogen and oxygen atoms in total.